The lowest BCUT2D eigenvalue weighted by atomic mass is 9.90. The molecule has 1 unspecified atom stereocenters. The number of carbonyl (C=O) groups is 1. The minimum atomic E-state index is 0. The molecular formula is C19H27Cl2N3O2. The first kappa shape index (κ1) is 22.5. The molecule has 1 fully saturated rings. The second-order valence-electron chi connectivity index (χ2n) is 7.06. The molecule has 7 heteroatoms. The van der Waals surface area contributed by atoms with E-state index in [0.29, 0.717) is 25.3 Å². The van der Waals surface area contributed by atoms with E-state index in [1.807, 2.05) is 29.2 Å². The molecule has 1 aliphatic heterocycles. The largest absolute Gasteiger partial charge is 0.441 e. The van der Waals surface area contributed by atoms with Crippen LogP contribution in [0.4, 0.5) is 0 Å². The quantitative estimate of drug-likeness (QED) is 0.832. The van der Waals surface area contributed by atoms with Crippen LogP contribution in [-0.2, 0) is 11.2 Å². The SMILES string of the molecule is Cc1ccc(-c2cnc(CCC(=O)N3CCC(C)(CN)C3)o2)cc1.Cl.Cl. The molecule has 0 radical (unpaired) electrons. The zero-order chi connectivity index (χ0) is 17.2. The zero-order valence-corrected chi connectivity index (χ0v) is 16.9. The first-order valence-corrected chi connectivity index (χ1v) is 8.49. The number of likely N-dealkylation sites (tertiary alicyclic amines) is 1. The molecule has 1 aromatic heterocycles. The molecule has 0 bridgehead atoms. The van der Waals surface area contributed by atoms with Crippen molar-refractivity contribution in [3.8, 4) is 11.3 Å². The number of nitrogens with two attached hydrogens (primary N) is 1. The molecule has 5 nitrogen and oxygen atoms in total. The predicted octanol–water partition coefficient (Wildman–Crippen LogP) is 3.62. The van der Waals surface area contributed by atoms with Crippen molar-refractivity contribution in [1.82, 2.24) is 9.88 Å². The van der Waals surface area contributed by atoms with Gasteiger partial charge in [-0.3, -0.25) is 4.79 Å². The van der Waals surface area contributed by atoms with Gasteiger partial charge in [0.25, 0.3) is 0 Å². The molecule has 3 rings (SSSR count). The van der Waals surface area contributed by atoms with Crippen molar-refractivity contribution in [3.05, 3.63) is 41.9 Å². The Kier molecular flexibility index (Phi) is 8.13. The molecule has 1 aliphatic rings. The average Bonchev–Trinajstić information content (AvgIpc) is 3.21. The standard InChI is InChI=1S/C19H25N3O2.2ClH/c1-14-3-5-15(6-4-14)16-11-21-17(24-16)7-8-18(23)22-10-9-19(2,12-20)13-22;;/h3-6,11H,7-10,12-13,20H2,1-2H3;2*1H. The summed E-state index contributed by atoms with van der Waals surface area (Å²) < 4.78 is 5.78. The molecule has 0 spiro atoms. The summed E-state index contributed by atoms with van der Waals surface area (Å²) in [6.45, 7) is 6.36. The molecule has 1 atom stereocenters. The highest BCUT2D eigenvalue weighted by molar-refractivity contribution is 5.85. The van der Waals surface area contributed by atoms with Crippen LogP contribution in [0.25, 0.3) is 11.3 Å². The van der Waals surface area contributed by atoms with Gasteiger partial charge < -0.3 is 15.1 Å². The highest BCUT2D eigenvalue weighted by atomic mass is 35.5. The fraction of sp³-hybridized carbons (Fsp3) is 0.474. The van der Waals surface area contributed by atoms with Gasteiger partial charge in [0.15, 0.2) is 11.7 Å². The Bertz CT molecular complexity index is 718. The summed E-state index contributed by atoms with van der Waals surface area (Å²) >= 11 is 0. The molecule has 144 valence electrons. The van der Waals surface area contributed by atoms with E-state index in [4.69, 9.17) is 10.2 Å². The predicted molar refractivity (Wildman–Crippen MR) is 108 cm³/mol. The van der Waals surface area contributed by atoms with Crippen molar-refractivity contribution < 1.29 is 9.21 Å². The van der Waals surface area contributed by atoms with Crippen LogP contribution in [0.15, 0.2) is 34.9 Å². The van der Waals surface area contributed by atoms with Gasteiger partial charge in [-0.1, -0.05) is 36.8 Å². The molecule has 1 saturated heterocycles. The lowest BCUT2D eigenvalue weighted by Crippen LogP contribution is -2.34. The molecule has 2 heterocycles. The van der Waals surface area contributed by atoms with Crippen molar-refractivity contribution in [1.29, 1.82) is 0 Å². The Labute approximate surface area is 167 Å². The smallest absolute Gasteiger partial charge is 0.223 e. The van der Waals surface area contributed by atoms with E-state index in [-0.39, 0.29) is 36.1 Å². The molecule has 0 aliphatic carbocycles. The lowest BCUT2D eigenvalue weighted by Gasteiger charge is -2.22. The Morgan fingerprint density at radius 1 is 1.31 bits per heavy atom. The van der Waals surface area contributed by atoms with Crippen molar-refractivity contribution in [2.24, 2.45) is 11.1 Å². The summed E-state index contributed by atoms with van der Waals surface area (Å²) in [6, 6.07) is 8.12. The second kappa shape index (κ2) is 9.40. The summed E-state index contributed by atoms with van der Waals surface area (Å²) in [5.41, 5.74) is 8.08. The summed E-state index contributed by atoms with van der Waals surface area (Å²) in [4.78, 5) is 18.6. The van der Waals surface area contributed by atoms with Crippen LogP contribution in [0.5, 0.6) is 0 Å². The maximum absolute atomic E-state index is 12.4. The number of rotatable bonds is 5. The first-order chi connectivity index (χ1) is 11.5. The van der Waals surface area contributed by atoms with Crippen molar-refractivity contribution in [2.75, 3.05) is 19.6 Å². The van der Waals surface area contributed by atoms with E-state index in [1.165, 1.54) is 5.56 Å². The van der Waals surface area contributed by atoms with E-state index in [9.17, 15) is 4.79 Å². The first-order valence-electron chi connectivity index (χ1n) is 8.49. The van der Waals surface area contributed by atoms with Crippen LogP contribution >= 0.6 is 24.8 Å². The van der Waals surface area contributed by atoms with Crippen LogP contribution in [0.3, 0.4) is 0 Å². The molecule has 2 N–H and O–H groups in total. The second-order valence-corrected chi connectivity index (χ2v) is 7.06. The number of hydrogen-bond donors (Lipinski definition) is 1. The summed E-state index contributed by atoms with van der Waals surface area (Å²) in [7, 11) is 0. The fourth-order valence-electron chi connectivity index (χ4n) is 3.05. The third-order valence-electron chi connectivity index (χ3n) is 4.85. The summed E-state index contributed by atoms with van der Waals surface area (Å²) in [6.07, 6.45) is 3.66. The molecular weight excluding hydrogens is 373 g/mol. The lowest BCUT2D eigenvalue weighted by molar-refractivity contribution is -0.130. The van der Waals surface area contributed by atoms with Gasteiger partial charge >= 0.3 is 0 Å². The Hall–Kier alpha value is -1.56. The van der Waals surface area contributed by atoms with Gasteiger partial charge in [0, 0.05) is 31.5 Å². The Morgan fingerprint density at radius 2 is 2.00 bits per heavy atom. The number of benzene rings is 1. The van der Waals surface area contributed by atoms with E-state index in [0.717, 1.165) is 30.8 Å². The molecule has 2 aromatic rings. The third kappa shape index (κ3) is 5.22. The van der Waals surface area contributed by atoms with Gasteiger partial charge in [-0.25, -0.2) is 4.98 Å². The van der Waals surface area contributed by atoms with Gasteiger partial charge in [-0.05, 0) is 25.3 Å². The Balaban J connectivity index is 0.00000169. The van der Waals surface area contributed by atoms with Gasteiger partial charge in [0.2, 0.25) is 5.91 Å². The zero-order valence-electron chi connectivity index (χ0n) is 15.2. The van der Waals surface area contributed by atoms with Crippen molar-refractivity contribution >= 4 is 30.7 Å². The number of nitrogens with zero attached hydrogens (tertiary/aromatic N) is 2. The van der Waals surface area contributed by atoms with Crippen LogP contribution in [0.2, 0.25) is 0 Å². The highest BCUT2D eigenvalue weighted by Gasteiger charge is 2.34. The number of oxazole rings is 1. The van der Waals surface area contributed by atoms with Gasteiger partial charge in [-0.2, -0.15) is 0 Å². The normalized spacial score (nSPS) is 19.0. The monoisotopic (exact) mass is 399 g/mol. The number of hydrogen-bond acceptors (Lipinski definition) is 4. The number of aromatic nitrogens is 1. The average molecular weight is 400 g/mol. The third-order valence-corrected chi connectivity index (χ3v) is 4.85. The minimum absolute atomic E-state index is 0. The van der Waals surface area contributed by atoms with E-state index in [1.54, 1.807) is 6.20 Å². The summed E-state index contributed by atoms with van der Waals surface area (Å²) in [5.74, 6) is 1.51. The van der Waals surface area contributed by atoms with Crippen LogP contribution in [0.1, 0.15) is 31.2 Å². The van der Waals surface area contributed by atoms with E-state index >= 15 is 0 Å². The van der Waals surface area contributed by atoms with Gasteiger partial charge in [0.1, 0.15) is 0 Å². The van der Waals surface area contributed by atoms with Crippen molar-refractivity contribution in [2.45, 2.75) is 33.1 Å². The number of amides is 1. The molecule has 26 heavy (non-hydrogen) atoms. The van der Waals surface area contributed by atoms with Crippen molar-refractivity contribution in [3.63, 3.8) is 0 Å². The number of aryl methyl sites for hydroxylation is 2. The van der Waals surface area contributed by atoms with Gasteiger partial charge in [-0.15, -0.1) is 24.8 Å². The fourth-order valence-corrected chi connectivity index (χ4v) is 3.05. The topological polar surface area (TPSA) is 72.4 Å². The van der Waals surface area contributed by atoms with Crippen LogP contribution in [-0.4, -0.2) is 35.4 Å². The van der Waals surface area contributed by atoms with Crippen LogP contribution in [0, 0.1) is 12.3 Å². The van der Waals surface area contributed by atoms with Crippen LogP contribution < -0.4 is 5.73 Å². The van der Waals surface area contributed by atoms with Gasteiger partial charge in [0.05, 0.1) is 6.20 Å². The molecule has 1 aromatic carbocycles. The highest BCUT2D eigenvalue weighted by Crippen LogP contribution is 2.29. The minimum Gasteiger partial charge on any atom is -0.441 e. The molecule has 1 amide bonds. The van der Waals surface area contributed by atoms with E-state index in [2.05, 4.69) is 18.8 Å². The number of carbonyl (C=O) groups excluding carboxylic acids is 1. The summed E-state index contributed by atoms with van der Waals surface area (Å²) in [5, 5.41) is 0. The number of halogens is 2. The maximum Gasteiger partial charge on any atom is 0.223 e. The maximum atomic E-state index is 12.4. The Morgan fingerprint density at radius 3 is 2.62 bits per heavy atom. The molecule has 0 saturated carbocycles. The van der Waals surface area contributed by atoms with E-state index < -0.39 is 0 Å².